The zero-order valence-electron chi connectivity index (χ0n) is 10.1. The molecule has 2 rings (SSSR count). The number of aromatic nitrogens is 3. The van der Waals surface area contributed by atoms with E-state index in [9.17, 15) is 0 Å². The summed E-state index contributed by atoms with van der Waals surface area (Å²) in [5.41, 5.74) is 1.08. The Labute approximate surface area is 102 Å². The van der Waals surface area contributed by atoms with E-state index >= 15 is 0 Å². The van der Waals surface area contributed by atoms with Crippen LogP contribution in [0.4, 0.5) is 0 Å². The maximum atomic E-state index is 6.41. The monoisotopic (exact) mass is 241 g/mol. The van der Waals surface area contributed by atoms with Gasteiger partial charge in [0.1, 0.15) is 0 Å². The molecule has 3 nitrogen and oxygen atoms in total. The molecule has 0 radical (unpaired) electrons. The molecule has 0 saturated heterocycles. The molecule has 1 aliphatic rings. The molecule has 16 heavy (non-hydrogen) atoms. The van der Waals surface area contributed by atoms with Gasteiger partial charge in [0, 0.05) is 18.6 Å². The SMILES string of the molecule is CCC1CCC(Cl)C(Cc2cn(C)nn2)C1. The fourth-order valence-electron chi connectivity index (χ4n) is 2.66. The van der Waals surface area contributed by atoms with E-state index in [4.69, 9.17) is 11.6 Å². The van der Waals surface area contributed by atoms with E-state index < -0.39 is 0 Å². The molecule has 90 valence electrons. The molecule has 4 heteroatoms. The second-order valence-corrected chi connectivity index (χ2v) is 5.51. The number of rotatable bonds is 3. The van der Waals surface area contributed by atoms with Gasteiger partial charge in [-0.1, -0.05) is 18.6 Å². The quantitative estimate of drug-likeness (QED) is 0.762. The molecule has 0 bridgehead atoms. The normalized spacial score (nSPS) is 30.6. The van der Waals surface area contributed by atoms with Crippen molar-refractivity contribution < 1.29 is 0 Å². The number of aryl methyl sites for hydroxylation is 1. The Morgan fingerprint density at radius 1 is 1.50 bits per heavy atom. The lowest BCUT2D eigenvalue weighted by molar-refractivity contribution is 0.263. The van der Waals surface area contributed by atoms with Crippen molar-refractivity contribution in [1.29, 1.82) is 0 Å². The van der Waals surface area contributed by atoms with E-state index in [2.05, 4.69) is 17.2 Å². The molecule has 3 atom stereocenters. The van der Waals surface area contributed by atoms with Crippen molar-refractivity contribution in [2.45, 2.75) is 44.4 Å². The molecule has 1 aromatic rings. The molecule has 0 aliphatic heterocycles. The van der Waals surface area contributed by atoms with Gasteiger partial charge in [-0.3, -0.25) is 4.68 Å². The molecule has 1 aliphatic carbocycles. The summed E-state index contributed by atoms with van der Waals surface area (Å²) in [6.45, 7) is 2.28. The van der Waals surface area contributed by atoms with Crippen LogP contribution in [0.25, 0.3) is 0 Å². The van der Waals surface area contributed by atoms with Gasteiger partial charge in [0.15, 0.2) is 0 Å². The van der Waals surface area contributed by atoms with Gasteiger partial charge >= 0.3 is 0 Å². The van der Waals surface area contributed by atoms with Crippen LogP contribution >= 0.6 is 11.6 Å². The lowest BCUT2D eigenvalue weighted by Crippen LogP contribution is -2.27. The Kier molecular flexibility index (Phi) is 3.85. The lowest BCUT2D eigenvalue weighted by atomic mass is 9.78. The van der Waals surface area contributed by atoms with Crippen LogP contribution < -0.4 is 0 Å². The second kappa shape index (κ2) is 5.17. The molecule has 0 amide bonds. The summed E-state index contributed by atoms with van der Waals surface area (Å²) in [6, 6.07) is 0. The molecular weight excluding hydrogens is 222 g/mol. The standard InChI is InChI=1S/C12H20ClN3/c1-3-9-4-5-12(13)10(6-9)7-11-8-16(2)15-14-11/h8-10,12H,3-7H2,1-2H3. The van der Waals surface area contributed by atoms with Gasteiger partial charge < -0.3 is 0 Å². The van der Waals surface area contributed by atoms with Gasteiger partial charge in [0.25, 0.3) is 0 Å². The third-order valence-electron chi connectivity index (χ3n) is 3.70. The van der Waals surface area contributed by atoms with Gasteiger partial charge in [-0.15, -0.1) is 16.7 Å². The molecular formula is C12H20ClN3. The van der Waals surface area contributed by atoms with Gasteiger partial charge in [0.05, 0.1) is 5.69 Å². The Hall–Kier alpha value is -0.570. The topological polar surface area (TPSA) is 30.7 Å². The highest BCUT2D eigenvalue weighted by molar-refractivity contribution is 6.20. The molecule has 1 fully saturated rings. The van der Waals surface area contributed by atoms with Crippen molar-refractivity contribution in [2.24, 2.45) is 18.9 Å². The number of hydrogen-bond donors (Lipinski definition) is 0. The minimum atomic E-state index is 0.324. The first-order valence-electron chi connectivity index (χ1n) is 6.18. The summed E-state index contributed by atoms with van der Waals surface area (Å²) < 4.78 is 1.76. The summed E-state index contributed by atoms with van der Waals surface area (Å²) in [6.07, 6.45) is 7.96. The predicted octanol–water partition coefficient (Wildman–Crippen LogP) is 2.79. The smallest absolute Gasteiger partial charge is 0.0830 e. The average Bonchev–Trinajstić information content (AvgIpc) is 2.67. The van der Waals surface area contributed by atoms with Crippen LogP contribution in [-0.2, 0) is 13.5 Å². The van der Waals surface area contributed by atoms with E-state index in [0.717, 1.165) is 24.5 Å². The third kappa shape index (κ3) is 2.76. The van der Waals surface area contributed by atoms with Crippen molar-refractivity contribution >= 4 is 11.6 Å². The van der Waals surface area contributed by atoms with Crippen LogP contribution in [-0.4, -0.2) is 20.4 Å². The Morgan fingerprint density at radius 3 is 2.94 bits per heavy atom. The van der Waals surface area contributed by atoms with Crippen molar-refractivity contribution in [2.75, 3.05) is 0 Å². The molecule has 0 aromatic carbocycles. The molecule has 0 N–H and O–H groups in total. The summed E-state index contributed by atoms with van der Waals surface area (Å²) in [5, 5.41) is 8.44. The summed E-state index contributed by atoms with van der Waals surface area (Å²) >= 11 is 6.41. The van der Waals surface area contributed by atoms with Gasteiger partial charge in [-0.05, 0) is 37.5 Å². The maximum absolute atomic E-state index is 6.41. The van der Waals surface area contributed by atoms with Gasteiger partial charge in [-0.2, -0.15) is 0 Å². The van der Waals surface area contributed by atoms with Crippen molar-refractivity contribution in [3.63, 3.8) is 0 Å². The number of alkyl halides is 1. The van der Waals surface area contributed by atoms with Crippen LogP contribution in [0, 0.1) is 11.8 Å². The Bertz CT molecular complexity index is 337. The number of nitrogens with zero attached hydrogens (tertiary/aromatic N) is 3. The molecule has 1 heterocycles. The first kappa shape index (κ1) is 11.9. The Balaban J connectivity index is 1.96. The lowest BCUT2D eigenvalue weighted by Gasteiger charge is -2.32. The van der Waals surface area contributed by atoms with E-state index in [0.29, 0.717) is 11.3 Å². The minimum absolute atomic E-state index is 0.324. The van der Waals surface area contributed by atoms with Crippen molar-refractivity contribution in [3.8, 4) is 0 Å². The summed E-state index contributed by atoms with van der Waals surface area (Å²) in [7, 11) is 1.91. The van der Waals surface area contributed by atoms with Crippen molar-refractivity contribution in [1.82, 2.24) is 15.0 Å². The highest BCUT2D eigenvalue weighted by atomic mass is 35.5. The molecule has 1 saturated carbocycles. The van der Waals surface area contributed by atoms with Crippen LogP contribution in [0.3, 0.4) is 0 Å². The zero-order chi connectivity index (χ0) is 11.5. The average molecular weight is 242 g/mol. The fraction of sp³-hybridized carbons (Fsp3) is 0.833. The van der Waals surface area contributed by atoms with Crippen LogP contribution in [0.15, 0.2) is 6.20 Å². The van der Waals surface area contributed by atoms with E-state index in [1.54, 1.807) is 4.68 Å². The van der Waals surface area contributed by atoms with Gasteiger partial charge in [0.2, 0.25) is 0 Å². The van der Waals surface area contributed by atoms with Gasteiger partial charge in [-0.25, -0.2) is 0 Å². The van der Waals surface area contributed by atoms with E-state index in [1.165, 1.54) is 19.3 Å². The third-order valence-corrected chi connectivity index (χ3v) is 4.27. The molecule has 0 spiro atoms. The number of halogens is 1. The second-order valence-electron chi connectivity index (χ2n) is 4.95. The first-order valence-corrected chi connectivity index (χ1v) is 6.62. The fourth-order valence-corrected chi connectivity index (χ4v) is 2.98. The highest BCUT2D eigenvalue weighted by Gasteiger charge is 2.28. The van der Waals surface area contributed by atoms with Crippen LogP contribution in [0.2, 0.25) is 0 Å². The van der Waals surface area contributed by atoms with E-state index in [1.807, 2.05) is 13.2 Å². The Morgan fingerprint density at radius 2 is 2.31 bits per heavy atom. The minimum Gasteiger partial charge on any atom is -0.255 e. The predicted molar refractivity (Wildman–Crippen MR) is 65.5 cm³/mol. The van der Waals surface area contributed by atoms with Crippen LogP contribution in [0.1, 0.15) is 38.3 Å². The molecule has 1 aromatic heterocycles. The summed E-state index contributed by atoms with van der Waals surface area (Å²) in [5.74, 6) is 1.44. The summed E-state index contributed by atoms with van der Waals surface area (Å²) in [4.78, 5) is 0. The van der Waals surface area contributed by atoms with E-state index in [-0.39, 0.29) is 0 Å². The van der Waals surface area contributed by atoms with Crippen LogP contribution in [0.5, 0.6) is 0 Å². The first-order chi connectivity index (χ1) is 7.69. The highest BCUT2D eigenvalue weighted by Crippen LogP contribution is 2.35. The zero-order valence-corrected chi connectivity index (χ0v) is 10.8. The number of hydrogen-bond acceptors (Lipinski definition) is 2. The maximum Gasteiger partial charge on any atom is 0.0830 e. The van der Waals surface area contributed by atoms with Crippen molar-refractivity contribution in [3.05, 3.63) is 11.9 Å². The molecule has 3 unspecified atom stereocenters. The largest absolute Gasteiger partial charge is 0.255 e.